The van der Waals surface area contributed by atoms with Crippen molar-refractivity contribution < 1.29 is 14.7 Å². The summed E-state index contributed by atoms with van der Waals surface area (Å²) in [7, 11) is 0. The van der Waals surface area contributed by atoms with Gasteiger partial charge in [-0.25, -0.2) is 0 Å². The molecular formula is C21H25NO3. The summed E-state index contributed by atoms with van der Waals surface area (Å²) in [5, 5.41) is 10.0. The Labute approximate surface area is 149 Å². The van der Waals surface area contributed by atoms with Crippen LogP contribution < -0.4 is 0 Å². The van der Waals surface area contributed by atoms with Gasteiger partial charge >= 0.3 is 0 Å². The number of nitrogens with zero attached hydrogens (tertiary/aromatic N) is 1. The van der Waals surface area contributed by atoms with E-state index in [0.29, 0.717) is 23.2 Å². The number of hydrogen-bond donors (Lipinski definition) is 1. The number of amides is 1. The Morgan fingerprint density at radius 1 is 1.00 bits per heavy atom. The molecule has 0 aliphatic rings. The molecule has 0 saturated heterocycles. The molecule has 0 radical (unpaired) electrons. The van der Waals surface area contributed by atoms with Crippen LogP contribution in [-0.4, -0.2) is 40.4 Å². The van der Waals surface area contributed by atoms with E-state index in [4.69, 9.17) is 0 Å². The van der Waals surface area contributed by atoms with Crippen LogP contribution in [0.1, 0.15) is 52.6 Å². The van der Waals surface area contributed by atoms with Gasteiger partial charge in [0.1, 0.15) is 0 Å². The van der Waals surface area contributed by atoms with Crippen molar-refractivity contribution in [3.05, 3.63) is 70.8 Å². The number of carbonyl (C=O) groups is 2. The largest absolute Gasteiger partial charge is 0.389 e. The van der Waals surface area contributed by atoms with E-state index >= 15 is 0 Å². The van der Waals surface area contributed by atoms with Gasteiger partial charge in [-0.3, -0.25) is 9.59 Å². The highest BCUT2D eigenvalue weighted by Gasteiger charge is 2.25. The number of carbonyl (C=O) groups excluding carboxylic acids is 2. The van der Waals surface area contributed by atoms with Crippen LogP contribution in [0.5, 0.6) is 0 Å². The lowest BCUT2D eigenvalue weighted by molar-refractivity contribution is 0.0314. The number of benzene rings is 2. The monoisotopic (exact) mass is 339 g/mol. The first-order valence-electron chi connectivity index (χ1n) is 8.45. The minimum atomic E-state index is -0.998. The van der Waals surface area contributed by atoms with Crippen LogP contribution in [0.3, 0.4) is 0 Å². The number of ketones is 1. The third-order valence-electron chi connectivity index (χ3n) is 3.96. The Kier molecular flexibility index (Phi) is 5.75. The maximum absolute atomic E-state index is 12.9. The zero-order valence-electron chi connectivity index (χ0n) is 15.2. The first-order valence-corrected chi connectivity index (χ1v) is 8.45. The highest BCUT2D eigenvalue weighted by molar-refractivity contribution is 6.15. The van der Waals surface area contributed by atoms with Crippen molar-refractivity contribution in [2.45, 2.75) is 33.3 Å². The summed E-state index contributed by atoms with van der Waals surface area (Å²) in [5.74, 6) is -0.427. The average molecular weight is 339 g/mol. The lowest BCUT2D eigenvalue weighted by Crippen LogP contribution is -2.42. The standard InChI is InChI=1S/C21H25NO3/c1-5-22(14-21(3,4)25)20(24)18-9-7-6-8-17(18)19(23)16-12-10-15(2)11-13-16/h6-13,25H,5,14H2,1-4H3. The van der Waals surface area contributed by atoms with Crippen molar-refractivity contribution in [2.75, 3.05) is 13.1 Å². The Balaban J connectivity index is 2.38. The molecule has 4 heteroatoms. The molecule has 0 fully saturated rings. The SMILES string of the molecule is CCN(CC(C)(C)O)C(=O)c1ccccc1C(=O)c1ccc(C)cc1. The van der Waals surface area contributed by atoms with Gasteiger partial charge in [-0.05, 0) is 33.8 Å². The first-order chi connectivity index (χ1) is 11.7. The van der Waals surface area contributed by atoms with Crippen molar-refractivity contribution in [2.24, 2.45) is 0 Å². The van der Waals surface area contributed by atoms with Gasteiger partial charge in [-0.2, -0.15) is 0 Å². The Bertz CT molecular complexity index is 757. The fourth-order valence-electron chi connectivity index (χ4n) is 2.69. The van der Waals surface area contributed by atoms with E-state index in [2.05, 4.69) is 0 Å². The van der Waals surface area contributed by atoms with E-state index in [1.807, 2.05) is 26.0 Å². The topological polar surface area (TPSA) is 57.6 Å². The van der Waals surface area contributed by atoms with Gasteiger partial charge in [0.2, 0.25) is 0 Å². The third-order valence-corrected chi connectivity index (χ3v) is 3.96. The molecule has 0 atom stereocenters. The van der Waals surface area contributed by atoms with Gasteiger partial charge in [-0.1, -0.05) is 48.0 Å². The van der Waals surface area contributed by atoms with E-state index < -0.39 is 5.60 Å². The molecule has 0 aliphatic carbocycles. The van der Waals surface area contributed by atoms with Gasteiger partial charge in [-0.15, -0.1) is 0 Å². The summed E-state index contributed by atoms with van der Waals surface area (Å²) in [6, 6.07) is 14.1. The van der Waals surface area contributed by atoms with E-state index in [1.54, 1.807) is 55.1 Å². The van der Waals surface area contributed by atoms with Crippen LogP contribution in [0.25, 0.3) is 0 Å². The molecule has 0 unspecified atom stereocenters. The number of aryl methyl sites for hydroxylation is 1. The number of likely N-dealkylation sites (N-methyl/N-ethyl adjacent to an activating group) is 1. The number of rotatable bonds is 6. The lowest BCUT2D eigenvalue weighted by Gasteiger charge is -2.28. The van der Waals surface area contributed by atoms with Crippen molar-refractivity contribution in [3.8, 4) is 0 Å². The maximum atomic E-state index is 12.9. The van der Waals surface area contributed by atoms with Crippen molar-refractivity contribution in [1.82, 2.24) is 4.90 Å². The Hall–Kier alpha value is -2.46. The predicted molar refractivity (Wildman–Crippen MR) is 98.9 cm³/mol. The molecule has 132 valence electrons. The van der Waals surface area contributed by atoms with Crippen molar-refractivity contribution >= 4 is 11.7 Å². The highest BCUT2D eigenvalue weighted by Crippen LogP contribution is 2.18. The van der Waals surface area contributed by atoms with Gasteiger partial charge in [0.15, 0.2) is 5.78 Å². The number of hydrogen-bond acceptors (Lipinski definition) is 3. The minimum absolute atomic E-state index is 0.178. The molecular weight excluding hydrogens is 314 g/mol. The summed E-state index contributed by atoms with van der Waals surface area (Å²) >= 11 is 0. The molecule has 1 amide bonds. The average Bonchev–Trinajstić information content (AvgIpc) is 2.58. The van der Waals surface area contributed by atoms with E-state index in [1.165, 1.54) is 0 Å². The molecule has 4 nitrogen and oxygen atoms in total. The second kappa shape index (κ2) is 7.62. The van der Waals surface area contributed by atoms with Crippen molar-refractivity contribution in [1.29, 1.82) is 0 Å². The second-order valence-corrected chi connectivity index (χ2v) is 6.87. The van der Waals surface area contributed by atoms with Gasteiger partial charge in [0.05, 0.1) is 11.2 Å². The molecule has 2 rings (SSSR count). The maximum Gasteiger partial charge on any atom is 0.254 e. The molecule has 0 aliphatic heterocycles. The Morgan fingerprint density at radius 2 is 1.56 bits per heavy atom. The van der Waals surface area contributed by atoms with E-state index in [-0.39, 0.29) is 18.2 Å². The number of aliphatic hydroxyl groups is 1. The summed E-state index contributed by atoms with van der Waals surface area (Å²) in [4.78, 5) is 27.3. The van der Waals surface area contributed by atoms with Crippen LogP contribution in [0.15, 0.2) is 48.5 Å². The zero-order valence-corrected chi connectivity index (χ0v) is 15.2. The predicted octanol–water partition coefficient (Wildman–Crippen LogP) is 3.46. The molecule has 25 heavy (non-hydrogen) atoms. The van der Waals surface area contributed by atoms with Gasteiger partial charge in [0, 0.05) is 24.2 Å². The fourth-order valence-corrected chi connectivity index (χ4v) is 2.69. The zero-order chi connectivity index (χ0) is 18.6. The van der Waals surface area contributed by atoms with E-state index in [9.17, 15) is 14.7 Å². The molecule has 0 spiro atoms. The Morgan fingerprint density at radius 3 is 2.08 bits per heavy atom. The highest BCUT2D eigenvalue weighted by atomic mass is 16.3. The summed E-state index contributed by atoms with van der Waals surface area (Å²) in [6.07, 6.45) is 0. The third kappa shape index (κ3) is 4.77. The van der Waals surface area contributed by atoms with Gasteiger partial charge in [0.25, 0.3) is 5.91 Å². The van der Waals surface area contributed by atoms with Crippen LogP contribution in [0.2, 0.25) is 0 Å². The molecule has 0 heterocycles. The van der Waals surface area contributed by atoms with Crippen LogP contribution in [-0.2, 0) is 0 Å². The van der Waals surface area contributed by atoms with E-state index in [0.717, 1.165) is 5.56 Å². The second-order valence-electron chi connectivity index (χ2n) is 6.87. The molecule has 2 aromatic rings. The molecule has 0 aromatic heterocycles. The molecule has 1 N–H and O–H groups in total. The normalized spacial score (nSPS) is 11.2. The van der Waals surface area contributed by atoms with Gasteiger partial charge < -0.3 is 10.0 Å². The van der Waals surface area contributed by atoms with Crippen LogP contribution in [0, 0.1) is 6.92 Å². The summed E-state index contributed by atoms with van der Waals surface area (Å²) in [5.41, 5.74) is 1.37. The summed E-state index contributed by atoms with van der Waals surface area (Å²) < 4.78 is 0. The molecule has 0 bridgehead atoms. The smallest absolute Gasteiger partial charge is 0.254 e. The quantitative estimate of drug-likeness (QED) is 0.820. The minimum Gasteiger partial charge on any atom is -0.389 e. The van der Waals surface area contributed by atoms with Crippen LogP contribution in [0.4, 0.5) is 0 Å². The lowest BCUT2D eigenvalue weighted by atomic mass is 9.96. The van der Waals surface area contributed by atoms with Crippen molar-refractivity contribution in [3.63, 3.8) is 0 Å². The fraction of sp³-hybridized carbons (Fsp3) is 0.333. The molecule has 0 saturated carbocycles. The first kappa shape index (κ1) is 18.9. The van der Waals surface area contributed by atoms with Crippen LogP contribution >= 0.6 is 0 Å². The molecule has 2 aromatic carbocycles. The summed E-state index contributed by atoms with van der Waals surface area (Å²) in [6.45, 7) is 7.79.